The highest BCUT2D eigenvalue weighted by Gasteiger charge is 2.16. The number of carbonyl (C=O) groups is 1. The van der Waals surface area contributed by atoms with E-state index in [2.05, 4.69) is 34.6 Å². The highest BCUT2D eigenvalue weighted by Crippen LogP contribution is 2.24. The maximum absolute atomic E-state index is 12.7. The number of benzene rings is 3. The summed E-state index contributed by atoms with van der Waals surface area (Å²) in [5.74, 6) is -0.342. The summed E-state index contributed by atoms with van der Waals surface area (Å²) < 4.78 is 0. The number of nitrogens with one attached hydrogen (secondary N) is 1. The topological polar surface area (TPSA) is 103 Å². The first-order valence-corrected chi connectivity index (χ1v) is 10.9. The van der Waals surface area contributed by atoms with Gasteiger partial charge < -0.3 is 5.32 Å². The third-order valence-electron chi connectivity index (χ3n) is 5.62. The van der Waals surface area contributed by atoms with Gasteiger partial charge in [0.15, 0.2) is 0 Å². The Kier molecular flexibility index (Phi) is 6.17. The van der Waals surface area contributed by atoms with E-state index < -0.39 is 4.92 Å². The van der Waals surface area contributed by atoms with Crippen molar-refractivity contribution >= 4 is 28.3 Å². The minimum Gasteiger partial charge on any atom is -0.322 e. The molecule has 3 aromatic carbocycles. The Morgan fingerprint density at radius 1 is 1.00 bits per heavy atom. The first-order valence-electron chi connectivity index (χ1n) is 10.9. The van der Waals surface area contributed by atoms with Crippen molar-refractivity contribution in [2.45, 2.75) is 40.0 Å². The second-order valence-corrected chi connectivity index (χ2v) is 8.13. The Bertz CT molecular complexity index is 1340. The quantitative estimate of drug-likeness (QED) is 0.298. The largest absolute Gasteiger partial charge is 0.322 e. The molecule has 0 aliphatic heterocycles. The van der Waals surface area contributed by atoms with Gasteiger partial charge in [0.25, 0.3) is 11.6 Å². The molecule has 4 aromatic rings. The molecule has 4 rings (SSSR count). The van der Waals surface area contributed by atoms with E-state index in [4.69, 9.17) is 0 Å². The summed E-state index contributed by atoms with van der Waals surface area (Å²) in [6, 6.07) is 16.2. The molecule has 0 saturated carbocycles. The maximum Gasteiger partial charge on any atom is 0.272 e. The Balaban J connectivity index is 1.57. The average molecular weight is 444 g/mol. The summed E-state index contributed by atoms with van der Waals surface area (Å²) in [6.07, 6.45) is 3.38. The summed E-state index contributed by atoms with van der Waals surface area (Å²) in [4.78, 5) is 24.9. The van der Waals surface area contributed by atoms with Gasteiger partial charge in [0.2, 0.25) is 0 Å². The van der Waals surface area contributed by atoms with Crippen LogP contribution in [-0.2, 0) is 6.42 Å². The number of nitro groups is 1. The van der Waals surface area contributed by atoms with Crippen LogP contribution in [0.15, 0.2) is 54.6 Å². The highest BCUT2D eigenvalue weighted by molar-refractivity contribution is 6.05. The van der Waals surface area contributed by atoms with Crippen LogP contribution in [0.25, 0.3) is 16.7 Å². The first-order chi connectivity index (χ1) is 15.9. The van der Waals surface area contributed by atoms with Gasteiger partial charge in [-0.3, -0.25) is 14.9 Å². The van der Waals surface area contributed by atoms with Crippen LogP contribution >= 0.6 is 0 Å². The number of aromatic nitrogens is 3. The lowest BCUT2D eigenvalue weighted by Gasteiger charge is -2.09. The van der Waals surface area contributed by atoms with Crippen molar-refractivity contribution in [1.82, 2.24) is 15.0 Å². The van der Waals surface area contributed by atoms with Crippen LogP contribution in [0.5, 0.6) is 0 Å². The van der Waals surface area contributed by atoms with Gasteiger partial charge in [-0.1, -0.05) is 25.5 Å². The fourth-order valence-electron chi connectivity index (χ4n) is 3.69. The van der Waals surface area contributed by atoms with Crippen molar-refractivity contribution in [2.24, 2.45) is 0 Å². The van der Waals surface area contributed by atoms with E-state index in [1.54, 1.807) is 17.8 Å². The molecule has 1 amide bonds. The predicted molar refractivity (Wildman–Crippen MR) is 128 cm³/mol. The average Bonchev–Trinajstić information content (AvgIpc) is 3.20. The second kappa shape index (κ2) is 9.20. The number of amides is 1. The van der Waals surface area contributed by atoms with Gasteiger partial charge >= 0.3 is 0 Å². The fraction of sp³-hybridized carbons (Fsp3) is 0.240. The standard InChI is InChI=1S/C25H25N5O3/c1-4-5-6-18-7-10-20(11-8-18)29-27-22-14-16(2)21(15-23(22)28-29)26-25(31)19-9-12-24(30(32)33)17(3)13-19/h7-15H,4-6H2,1-3H3,(H,26,31). The summed E-state index contributed by atoms with van der Waals surface area (Å²) in [7, 11) is 0. The van der Waals surface area contributed by atoms with Crippen molar-refractivity contribution in [1.29, 1.82) is 0 Å². The molecule has 0 atom stereocenters. The molecular weight excluding hydrogens is 418 g/mol. The number of anilines is 1. The normalized spacial score (nSPS) is 11.0. The van der Waals surface area contributed by atoms with Crippen LogP contribution in [0, 0.1) is 24.0 Å². The summed E-state index contributed by atoms with van der Waals surface area (Å²) in [5.41, 5.74) is 5.78. The molecule has 0 aliphatic carbocycles. The van der Waals surface area contributed by atoms with Crippen LogP contribution in [0.2, 0.25) is 0 Å². The number of hydrogen-bond donors (Lipinski definition) is 1. The second-order valence-electron chi connectivity index (χ2n) is 8.13. The van der Waals surface area contributed by atoms with Gasteiger partial charge in [0, 0.05) is 22.9 Å². The van der Waals surface area contributed by atoms with Gasteiger partial charge in [-0.2, -0.15) is 4.80 Å². The third kappa shape index (κ3) is 4.74. The number of unbranched alkanes of at least 4 members (excludes halogenated alkanes) is 1. The van der Waals surface area contributed by atoms with Gasteiger partial charge in [-0.05, 0) is 74.2 Å². The first kappa shape index (κ1) is 22.1. The van der Waals surface area contributed by atoms with Crippen LogP contribution in [0.1, 0.15) is 46.8 Å². The lowest BCUT2D eigenvalue weighted by atomic mass is 10.1. The minimum absolute atomic E-state index is 0.0147. The summed E-state index contributed by atoms with van der Waals surface area (Å²) in [5, 5.41) is 23.1. The number of rotatable bonds is 7. The lowest BCUT2D eigenvalue weighted by Crippen LogP contribution is -2.13. The van der Waals surface area contributed by atoms with E-state index in [0.29, 0.717) is 22.3 Å². The maximum atomic E-state index is 12.7. The SMILES string of the molecule is CCCCc1ccc(-n2nc3cc(C)c(NC(=O)c4ccc([N+](=O)[O-])c(C)c4)cc3n2)cc1. The van der Waals surface area contributed by atoms with Crippen molar-refractivity contribution in [2.75, 3.05) is 5.32 Å². The molecule has 168 valence electrons. The smallest absolute Gasteiger partial charge is 0.272 e. The number of hydrogen-bond acceptors (Lipinski definition) is 5. The molecule has 0 fully saturated rings. The monoisotopic (exact) mass is 443 g/mol. The summed E-state index contributed by atoms with van der Waals surface area (Å²) >= 11 is 0. The zero-order chi connectivity index (χ0) is 23.5. The molecule has 33 heavy (non-hydrogen) atoms. The van der Waals surface area contributed by atoms with Crippen LogP contribution < -0.4 is 5.32 Å². The van der Waals surface area contributed by atoms with Crippen molar-refractivity contribution in [3.8, 4) is 5.69 Å². The zero-order valence-corrected chi connectivity index (χ0v) is 18.8. The molecule has 0 aliphatic rings. The Hall–Kier alpha value is -4.07. The van der Waals surface area contributed by atoms with E-state index in [9.17, 15) is 14.9 Å². The molecule has 1 heterocycles. The molecule has 0 bridgehead atoms. The Labute approximate surface area is 191 Å². The molecule has 0 saturated heterocycles. The van der Waals surface area contributed by atoms with E-state index in [1.165, 1.54) is 23.8 Å². The third-order valence-corrected chi connectivity index (χ3v) is 5.62. The molecule has 0 radical (unpaired) electrons. The van der Waals surface area contributed by atoms with Gasteiger partial charge in [-0.15, -0.1) is 10.2 Å². The number of fused-ring (bicyclic) bond motifs is 1. The molecule has 8 heteroatoms. The number of carbonyl (C=O) groups excluding carboxylic acids is 1. The molecule has 1 N–H and O–H groups in total. The van der Waals surface area contributed by atoms with E-state index >= 15 is 0 Å². The Morgan fingerprint density at radius 2 is 1.70 bits per heavy atom. The van der Waals surface area contributed by atoms with Crippen molar-refractivity contribution in [3.63, 3.8) is 0 Å². The van der Waals surface area contributed by atoms with E-state index in [-0.39, 0.29) is 11.6 Å². The van der Waals surface area contributed by atoms with Gasteiger partial charge in [0.05, 0.1) is 10.6 Å². The molecule has 1 aromatic heterocycles. The molecule has 0 spiro atoms. The van der Waals surface area contributed by atoms with E-state index in [0.717, 1.165) is 36.0 Å². The summed E-state index contributed by atoms with van der Waals surface area (Å²) in [6.45, 7) is 5.68. The van der Waals surface area contributed by atoms with Crippen molar-refractivity contribution in [3.05, 3.63) is 87.0 Å². The van der Waals surface area contributed by atoms with Crippen LogP contribution in [0.4, 0.5) is 11.4 Å². The molecule has 0 unspecified atom stereocenters. The fourth-order valence-corrected chi connectivity index (χ4v) is 3.69. The number of nitro benzene ring substituents is 1. The van der Waals surface area contributed by atoms with Gasteiger partial charge in [-0.25, -0.2) is 0 Å². The number of aryl methyl sites for hydroxylation is 3. The van der Waals surface area contributed by atoms with Crippen LogP contribution in [0.3, 0.4) is 0 Å². The predicted octanol–water partition coefficient (Wildman–Crippen LogP) is 5.54. The highest BCUT2D eigenvalue weighted by atomic mass is 16.6. The lowest BCUT2D eigenvalue weighted by molar-refractivity contribution is -0.385. The Morgan fingerprint density at radius 3 is 2.33 bits per heavy atom. The van der Waals surface area contributed by atoms with Crippen molar-refractivity contribution < 1.29 is 9.72 Å². The van der Waals surface area contributed by atoms with Gasteiger partial charge in [0.1, 0.15) is 11.0 Å². The zero-order valence-electron chi connectivity index (χ0n) is 18.8. The minimum atomic E-state index is -0.461. The van der Waals surface area contributed by atoms with E-state index in [1.807, 2.05) is 25.1 Å². The van der Waals surface area contributed by atoms with Crippen LogP contribution in [-0.4, -0.2) is 25.8 Å². The molecular formula is C25H25N5O3. The molecule has 8 nitrogen and oxygen atoms in total. The number of nitrogens with zero attached hydrogens (tertiary/aromatic N) is 4.